The van der Waals surface area contributed by atoms with E-state index < -0.39 is 10.0 Å². The third-order valence-electron chi connectivity index (χ3n) is 1.66. The third kappa shape index (κ3) is 2.97. The first kappa shape index (κ1) is 12.6. The summed E-state index contributed by atoms with van der Waals surface area (Å²) in [6.07, 6.45) is 0.585. The van der Waals surface area contributed by atoms with Gasteiger partial charge in [-0.25, -0.2) is 17.8 Å². The number of nitrogens with zero attached hydrogens (tertiary/aromatic N) is 3. The molecule has 0 amide bonds. The van der Waals surface area contributed by atoms with Crippen molar-refractivity contribution in [2.75, 3.05) is 13.1 Å². The summed E-state index contributed by atoms with van der Waals surface area (Å²) in [7, 11) is -2.06. The van der Waals surface area contributed by atoms with Crippen LogP contribution in [0.1, 0.15) is 6.42 Å². The maximum absolute atomic E-state index is 11.7. The summed E-state index contributed by atoms with van der Waals surface area (Å²) < 4.78 is 27.2. The molecule has 1 heterocycles. The van der Waals surface area contributed by atoms with Crippen LogP contribution in [0.2, 0.25) is 0 Å². The minimum Gasteiger partial charge on any atom is -0.330 e. The molecule has 0 radical (unpaired) electrons. The third-order valence-corrected chi connectivity index (χ3v) is 4.01. The van der Waals surface area contributed by atoms with E-state index in [1.54, 1.807) is 0 Å². The Hall–Kier alpha value is -0.510. The molecule has 9 heteroatoms. The van der Waals surface area contributed by atoms with Gasteiger partial charge in [0.2, 0.25) is 5.03 Å². The van der Waals surface area contributed by atoms with Gasteiger partial charge in [-0.1, -0.05) is 5.21 Å². The van der Waals surface area contributed by atoms with Crippen molar-refractivity contribution < 1.29 is 8.42 Å². The maximum atomic E-state index is 11.7. The molecule has 0 fully saturated rings. The molecule has 7 nitrogen and oxygen atoms in total. The second-order valence-electron chi connectivity index (χ2n) is 2.85. The molecule has 0 aliphatic heterocycles. The molecule has 0 saturated heterocycles. The molecular formula is C6H12BrN5O2S. The highest BCUT2D eigenvalue weighted by molar-refractivity contribution is 9.10. The van der Waals surface area contributed by atoms with Gasteiger partial charge in [0.25, 0.3) is 10.0 Å². The highest BCUT2D eigenvalue weighted by Gasteiger charge is 2.22. The first-order valence-electron chi connectivity index (χ1n) is 4.24. The standard InChI is InChI=1S/C6H12BrN5O2S/c1-12-6(5(7)10-11-12)15(13,14)9-4-2-3-8/h9H,2-4,8H2,1H3. The summed E-state index contributed by atoms with van der Waals surface area (Å²) >= 11 is 3.02. The first-order chi connectivity index (χ1) is 6.99. The molecule has 0 aliphatic rings. The molecule has 0 aromatic carbocycles. The minimum atomic E-state index is -3.56. The van der Waals surface area contributed by atoms with Crippen LogP contribution >= 0.6 is 15.9 Å². The summed E-state index contributed by atoms with van der Waals surface area (Å²) in [6.45, 7) is 0.740. The van der Waals surface area contributed by atoms with Crippen LogP contribution in [0, 0.1) is 0 Å². The zero-order valence-corrected chi connectivity index (χ0v) is 10.5. The van der Waals surface area contributed by atoms with Gasteiger partial charge in [0, 0.05) is 13.6 Å². The largest absolute Gasteiger partial charge is 0.330 e. The van der Waals surface area contributed by atoms with Crippen LogP contribution in [0.15, 0.2) is 9.63 Å². The van der Waals surface area contributed by atoms with E-state index in [2.05, 4.69) is 31.0 Å². The van der Waals surface area contributed by atoms with Crippen LogP contribution in [0.5, 0.6) is 0 Å². The van der Waals surface area contributed by atoms with Gasteiger partial charge in [0.15, 0.2) is 4.60 Å². The first-order valence-corrected chi connectivity index (χ1v) is 6.51. The second-order valence-corrected chi connectivity index (χ2v) is 5.28. The van der Waals surface area contributed by atoms with Crippen molar-refractivity contribution in [2.45, 2.75) is 11.4 Å². The van der Waals surface area contributed by atoms with E-state index in [9.17, 15) is 8.42 Å². The topological polar surface area (TPSA) is 103 Å². The van der Waals surface area contributed by atoms with E-state index in [1.807, 2.05) is 0 Å². The Bertz CT molecular complexity index is 409. The highest BCUT2D eigenvalue weighted by atomic mass is 79.9. The normalized spacial score (nSPS) is 11.9. The number of hydrogen-bond donors (Lipinski definition) is 2. The quantitative estimate of drug-likeness (QED) is 0.693. The number of hydrogen-bond acceptors (Lipinski definition) is 5. The molecule has 0 unspecified atom stereocenters. The number of nitrogens with two attached hydrogens (primary N) is 1. The Morgan fingerprint density at radius 3 is 2.73 bits per heavy atom. The Morgan fingerprint density at radius 2 is 2.27 bits per heavy atom. The van der Waals surface area contributed by atoms with Crippen LogP contribution in [-0.2, 0) is 17.1 Å². The lowest BCUT2D eigenvalue weighted by molar-refractivity contribution is 0.559. The molecular weight excluding hydrogens is 286 g/mol. The number of sulfonamides is 1. The van der Waals surface area contributed by atoms with Crippen molar-refractivity contribution in [1.82, 2.24) is 19.7 Å². The molecule has 1 rings (SSSR count). The Labute approximate surface area is 96.2 Å². The van der Waals surface area contributed by atoms with Crippen molar-refractivity contribution in [2.24, 2.45) is 12.8 Å². The Balaban J connectivity index is 2.87. The predicted octanol–water partition coefficient (Wildman–Crippen LogP) is -0.795. The van der Waals surface area contributed by atoms with Gasteiger partial charge in [-0.05, 0) is 28.9 Å². The van der Waals surface area contributed by atoms with Gasteiger partial charge in [-0.3, -0.25) is 0 Å². The van der Waals surface area contributed by atoms with Crippen LogP contribution in [0.4, 0.5) is 0 Å². The number of rotatable bonds is 5. The van der Waals surface area contributed by atoms with E-state index in [0.717, 1.165) is 0 Å². The zero-order chi connectivity index (χ0) is 11.5. The summed E-state index contributed by atoms with van der Waals surface area (Å²) in [5, 5.41) is 7.20. The van der Waals surface area contributed by atoms with Gasteiger partial charge in [-0.2, -0.15) is 0 Å². The average Bonchev–Trinajstić information content (AvgIpc) is 2.46. The van der Waals surface area contributed by atoms with E-state index in [4.69, 9.17) is 5.73 Å². The number of nitrogens with one attached hydrogen (secondary N) is 1. The smallest absolute Gasteiger partial charge is 0.260 e. The van der Waals surface area contributed by atoms with E-state index in [1.165, 1.54) is 11.7 Å². The lowest BCUT2D eigenvalue weighted by Gasteiger charge is -2.05. The van der Waals surface area contributed by atoms with Gasteiger partial charge in [0.1, 0.15) is 0 Å². The van der Waals surface area contributed by atoms with Crippen LogP contribution in [0.3, 0.4) is 0 Å². The Morgan fingerprint density at radius 1 is 1.60 bits per heavy atom. The molecule has 0 spiro atoms. The molecule has 15 heavy (non-hydrogen) atoms. The van der Waals surface area contributed by atoms with Crippen molar-refractivity contribution in [1.29, 1.82) is 0 Å². The van der Waals surface area contributed by atoms with Crippen LogP contribution in [-0.4, -0.2) is 36.5 Å². The molecule has 0 atom stereocenters. The second kappa shape index (κ2) is 5.01. The summed E-state index contributed by atoms with van der Waals surface area (Å²) in [5.41, 5.74) is 5.26. The molecule has 1 aromatic heterocycles. The van der Waals surface area contributed by atoms with Crippen molar-refractivity contribution in [3.63, 3.8) is 0 Å². The molecule has 3 N–H and O–H groups in total. The molecule has 86 valence electrons. The maximum Gasteiger partial charge on any atom is 0.260 e. The molecule has 1 aromatic rings. The van der Waals surface area contributed by atoms with Gasteiger partial charge < -0.3 is 5.73 Å². The lowest BCUT2D eigenvalue weighted by atomic mass is 10.4. The number of aryl methyl sites for hydroxylation is 1. The monoisotopic (exact) mass is 297 g/mol. The van der Waals surface area contributed by atoms with Crippen molar-refractivity contribution in [3.05, 3.63) is 4.60 Å². The lowest BCUT2D eigenvalue weighted by Crippen LogP contribution is -2.28. The zero-order valence-electron chi connectivity index (χ0n) is 8.14. The fourth-order valence-corrected chi connectivity index (χ4v) is 3.15. The summed E-state index contributed by atoms with van der Waals surface area (Å²) in [6, 6.07) is 0. The van der Waals surface area contributed by atoms with Gasteiger partial charge in [-0.15, -0.1) is 5.10 Å². The fraction of sp³-hybridized carbons (Fsp3) is 0.667. The van der Waals surface area contributed by atoms with Crippen molar-refractivity contribution in [3.8, 4) is 0 Å². The fourth-order valence-electron chi connectivity index (χ4n) is 0.985. The van der Waals surface area contributed by atoms with Crippen LogP contribution < -0.4 is 10.5 Å². The SMILES string of the molecule is Cn1nnc(Br)c1S(=O)(=O)NCCCN. The van der Waals surface area contributed by atoms with Crippen LogP contribution in [0.25, 0.3) is 0 Å². The summed E-state index contributed by atoms with van der Waals surface area (Å²) in [5.74, 6) is 0. The minimum absolute atomic E-state index is 0.0134. The van der Waals surface area contributed by atoms with Gasteiger partial charge >= 0.3 is 0 Å². The average molecular weight is 298 g/mol. The molecule has 0 aliphatic carbocycles. The number of halogens is 1. The number of aromatic nitrogens is 3. The molecule has 0 bridgehead atoms. The van der Waals surface area contributed by atoms with E-state index in [-0.39, 0.29) is 9.63 Å². The van der Waals surface area contributed by atoms with E-state index in [0.29, 0.717) is 19.5 Å². The highest BCUT2D eigenvalue weighted by Crippen LogP contribution is 2.17. The Kier molecular flexibility index (Phi) is 4.20. The summed E-state index contributed by atoms with van der Waals surface area (Å²) in [4.78, 5) is 0. The van der Waals surface area contributed by atoms with Gasteiger partial charge in [0.05, 0.1) is 0 Å². The van der Waals surface area contributed by atoms with Crippen molar-refractivity contribution >= 4 is 26.0 Å². The van der Waals surface area contributed by atoms with E-state index >= 15 is 0 Å². The molecule has 0 saturated carbocycles. The predicted molar refractivity (Wildman–Crippen MR) is 57.6 cm³/mol.